The molecule has 0 unspecified atom stereocenters. The lowest BCUT2D eigenvalue weighted by atomic mass is 10.2. The van der Waals surface area contributed by atoms with E-state index in [9.17, 15) is 4.79 Å². The second-order valence-electron chi connectivity index (χ2n) is 7.47. The number of aryl methyl sites for hydroxylation is 1. The van der Waals surface area contributed by atoms with Crippen molar-refractivity contribution in [2.45, 2.75) is 26.9 Å². The van der Waals surface area contributed by atoms with E-state index < -0.39 is 0 Å². The predicted molar refractivity (Wildman–Crippen MR) is 123 cm³/mol. The first-order valence-corrected chi connectivity index (χ1v) is 11.5. The van der Waals surface area contributed by atoms with Crippen molar-refractivity contribution in [3.63, 3.8) is 0 Å². The van der Waals surface area contributed by atoms with Crippen LogP contribution in [0, 0.1) is 6.92 Å². The van der Waals surface area contributed by atoms with Gasteiger partial charge in [0.15, 0.2) is 0 Å². The van der Waals surface area contributed by atoms with Crippen LogP contribution in [-0.2, 0) is 11.4 Å². The van der Waals surface area contributed by atoms with Crippen molar-refractivity contribution in [3.05, 3.63) is 52.0 Å². The molecule has 162 valence electrons. The van der Waals surface area contributed by atoms with E-state index in [-0.39, 0.29) is 5.91 Å². The van der Waals surface area contributed by atoms with Crippen molar-refractivity contribution < 1.29 is 9.53 Å². The van der Waals surface area contributed by atoms with Crippen LogP contribution in [0.25, 0.3) is 6.08 Å². The van der Waals surface area contributed by atoms with Gasteiger partial charge in [-0.1, -0.05) is 19.1 Å². The van der Waals surface area contributed by atoms with Crippen LogP contribution >= 0.6 is 11.3 Å². The molecule has 30 heavy (non-hydrogen) atoms. The fourth-order valence-corrected chi connectivity index (χ4v) is 3.98. The highest BCUT2D eigenvalue weighted by Gasteiger charge is 2.14. The van der Waals surface area contributed by atoms with Gasteiger partial charge in [-0.2, -0.15) is 0 Å². The molecule has 0 bridgehead atoms. The first kappa shape index (κ1) is 22.5. The fraction of sp³-hybridized carbons (Fsp3) is 0.478. The van der Waals surface area contributed by atoms with Crippen LogP contribution in [0.1, 0.15) is 29.6 Å². The molecule has 1 aromatic heterocycles. The lowest BCUT2D eigenvalue weighted by molar-refractivity contribution is -0.116. The predicted octanol–water partition coefficient (Wildman–Crippen LogP) is 3.19. The molecule has 1 fully saturated rings. The molecule has 7 heteroatoms. The monoisotopic (exact) mass is 428 g/mol. The average Bonchev–Trinajstić information content (AvgIpc) is 3.20. The van der Waals surface area contributed by atoms with Crippen LogP contribution in [0.5, 0.6) is 5.75 Å². The highest BCUT2D eigenvalue weighted by molar-refractivity contribution is 7.09. The Bertz CT molecular complexity index is 811. The quantitative estimate of drug-likeness (QED) is 0.465. The van der Waals surface area contributed by atoms with Gasteiger partial charge in [-0.15, -0.1) is 11.3 Å². The normalized spacial score (nSPS) is 15.5. The van der Waals surface area contributed by atoms with Crippen molar-refractivity contribution >= 4 is 23.3 Å². The lowest BCUT2D eigenvalue weighted by Crippen LogP contribution is -2.46. The molecule has 0 aliphatic carbocycles. The summed E-state index contributed by atoms with van der Waals surface area (Å²) in [7, 11) is 0. The number of hydrogen-bond acceptors (Lipinski definition) is 6. The van der Waals surface area contributed by atoms with Crippen molar-refractivity contribution in [2.24, 2.45) is 0 Å². The van der Waals surface area contributed by atoms with Crippen LogP contribution in [-0.4, -0.2) is 66.5 Å². The van der Waals surface area contributed by atoms with Gasteiger partial charge < -0.3 is 19.9 Å². The van der Waals surface area contributed by atoms with Gasteiger partial charge in [0.2, 0.25) is 5.91 Å². The van der Waals surface area contributed by atoms with Gasteiger partial charge >= 0.3 is 0 Å². The Labute approximate surface area is 183 Å². The van der Waals surface area contributed by atoms with E-state index in [0.717, 1.165) is 67.7 Å². The fourth-order valence-electron chi connectivity index (χ4n) is 3.38. The van der Waals surface area contributed by atoms with E-state index >= 15 is 0 Å². The number of nitrogens with one attached hydrogen (secondary N) is 1. The van der Waals surface area contributed by atoms with Gasteiger partial charge in [-0.3, -0.25) is 4.79 Å². The third kappa shape index (κ3) is 7.55. The number of hydrogen-bond donors (Lipinski definition) is 1. The van der Waals surface area contributed by atoms with Crippen LogP contribution in [0.15, 0.2) is 35.7 Å². The van der Waals surface area contributed by atoms with Gasteiger partial charge in [0.05, 0.1) is 10.7 Å². The molecule has 0 spiro atoms. The first-order chi connectivity index (χ1) is 14.6. The topological polar surface area (TPSA) is 57.7 Å². The van der Waals surface area contributed by atoms with Gasteiger partial charge in [-0.25, -0.2) is 4.98 Å². The van der Waals surface area contributed by atoms with E-state index in [1.807, 2.05) is 42.6 Å². The first-order valence-electron chi connectivity index (χ1n) is 10.7. The zero-order valence-electron chi connectivity index (χ0n) is 18.0. The minimum Gasteiger partial charge on any atom is -0.487 e. The Kier molecular flexibility index (Phi) is 8.86. The summed E-state index contributed by atoms with van der Waals surface area (Å²) in [6, 6.07) is 7.72. The Morgan fingerprint density at radius 2 is 1.93 bits per heavy atom. The van der Waals surface area contributed by atoms with E-state index in [4.69, 9.17) is 4.74 Å². The molecule has 1 saturated heterocycles. The average molecular weight is 429 g/mol. The van der Waals surface area contributed by atoms with Crippen LogP contribution in [0.2, 0.25) is 0 Å². The number of aromatic nitrogens is 1. The number of nitrogens with zero attached hydrogens (tertiary/aromatic N) is 3. The van der Waals surface area contributed by atoms with Crippen LogP contribution < -0.4 is 10.1 Å². The van der Waals surface area contributed by atoms with Gasteiger partial charge in [0, 0.05) is 44.2 Å². The second kappa shape index (κ2) is 11.8. The van der Waals surface area contributed by atoms with Crippen molar-refractivity contribution in [1.29, 1.82) is 0 Å². The van der Waals surface area contributed by atoms with Gasteiger partial charge in [0.25, 0.3) is 0 Å². The van der Waals surface area contributed by atoms with Crippen molar-refractivity contribution in [1.82, 2.24) is 20.1 Å². The molecule has 1 N–H and O–H groups in total. The molecule has 1 aromatic carbocycles. The molecule has 0 saturated carbocycles. The number of benzene rings is 1. The molecule has 6 nitrogen and oxygen atoms in total. The minimum absolute atomic E-state index is 0.0509. The number of carbonyl (C=O) groups is 1. The number of thiazole rings is 1. The molecule has 2 heterocycles. The van der Waals surface area contributed by atoms with Crippen molar-refractivity contribution in [3.8, 4) is 5.75 Å². The van der Waals surface area contributed by atoms with Crippen LogP contribution in [0.4, 0.5) is 0 Å². The summed E-state index contributed by atoms with van der Waals surface area (Å²) in [4.78, 5) is 21.4. The van der Waals surface area contributed by atoms with E-state index in [1.165, 1.54) is 0 Å². The molecule has 1 aliphatic rings. The smallest absolute Gasteiger partial charge is 0.243 e. The number of piperazine rings is 1. The summed E-state index contributed by atoms with van der Waals surface area (Å²) < 4.78 is 5.75. The third-order valence-corrected chi connectivity index (χ3v) is 6.05. The lowest BCUT2D eigenvalue weighted by Gasteiger charge is -2.33. The largest absolute Gasteiger partial charge is 0.487 e. The van der Waals surface area contributed by atoms with Gasteiger partial charge in [-0.05, 0) is 50.2 Å². The maximum Gasteiger partial charge on any atom is 0.243 e. The number of likely N-dealkylation sites (N-methyl/N-ethyl adjacent to an activating group) is 1. The summed E-state index contributed by atoms with van der Waals surface area (Å²) in [6.45, 7) is 12.1. The summed E-state index contributed by atoms with van der Waals surface area (Å²) in [5.74, 6) is 0.743. The zero-order valence-corrected chi connectivity index (χ0v) is 18.8. The Morgan fingerprint density at radius 1 is 1.20 bits per heavy atom. The highest BCUT2D eigenvalue weighted by Crippen LogP contribution is 2.16. The summed E-state index contributed by atoms with van der Waals surface area (Å²) >= 11 is 1.62. The molecule has 0 radical (unpaired) electrons. The molecule has 1 amide bonds. The second-order valence-corrected chi connectivity index (χ2v) is 8.53. The molecule has 3 rings (SSSR count). The van der Waals surface area contributed by atoms with Gasteiger partial charge in [0.1, 0.15) is 12.4 Å². The highest BCUT2D eigenvalue weighted by atomic mass is 32.1. The minimum atomic E-state index is -0.0509. The SMILES string of the molecule is CCN1CCN(CCCNC(=O)C=Cc2ccc(OCc3csc(C)n3)cc2)CC1. The summed E-state index contributed by atoms with van der Waals surface area (Å²) in [5.41, 5.74) is 1.91. The Balaban J connectivity index is 1.31. The van der Waals surface area contributed by atoms with E-state index in [0.29, 0.717) is 13.2 Å². The van der Waals surface area contributed by atoms with Crippen LogP contribution in [0.3, 0.4) is 0 Å². The van der Waals surface area contributed by atoms with Crippen molar-refractivity contribution in [2.75, 3.05) is 45.8 Å². The molecular weight excluding hydrogens is 396 g/mol. The maximum absolute atomic E-state index is 12.0. The number of rotatable bonds is 10. The summed E-state index contributed by atoms with van der Waals surface area (Å²) in [5, 5.41) is 6.03. The molecule has 0 atom stereocenters. The number of carbonyl (C=O) groups excluding carboxylic acids is 1. The van der Waals surface area contributed by atoms with E-state index in [1.54, 1.807) is 17.4 Å². The summed E-state index contributed by atoms with van der Waals surface area (Å²) in [6.07, 6.45) is 4.40. The molecule has 1 aliphatic heterocycles. The number of amides is 1. The standard InChI is InChI=1S/C23H32N4O2S/c1-3-26-13-15-27(16-14-26)12-4-11-24-23(28)10-7-20-5-8-22(9-6-20)29-17-21-18-30-19(2)25-21/h5-10,18H,3-4,11-17H2,1-2H3,(H,24,28). The van der Waals surface area contributed by atoms with E-state index in [2.05, 4.69) is 27.0 Å². The molecular formula is C23H32N4O2S. The number of ether oxygens (including phenoxy) is 1. The third-order valence-electron chi connectivity index (χ3n) is 5.22. The molecule has 2 aromatic rings. The Morgan fingerprint density at radius 3 is 2.60 bits per heavy atom. The Hall–Kier alpha value is -2.22. The maximum atomic E-state index is 12.0. The zero-order chi connectivity index (χ0) is 21.2.